The van der Waals surface area contributed by atoms with E-state index in [1.54, 1.807) is 6.21 Å². The molecular formula is C16H23NO4. The highest BCUT2D eigenvalue weighted by molar-refractivity contribution is 5.79. The van der Waals surface area contributed by atoms with Crippen LogP contribution in [0.4, 0.5) is 0 Å². The van der Waals surface area contributed by atoms with Crippen LogP contribution in [0.1, 0.15) is 38.7 Å². The van der Waals surface area contributed by atoms with Crippen molar-refractivity contribution in [2.45, 2.75) is 33.1 Å². The van der Waals surface area contributed by atoms with Gasteiger partial charge in [0.25, 0.3) is 0 Å². The number of esters is 1. The maximum Gasteiger partial charge on any atom is 0.305 e. The maximum absolute atomic E-state index is 11.1. The molecule has 0 amide bonds. The summed E-state index contributed by atoms with van der Waals surface area (Å²) in [5.74, 6) is 0.662. The summed E-state index contributed by atoms with van der Waals surface area (Å²) in [6.07, 6.45) is 3.71. The van der Waals surface area contributed by atoms with Gasteiger partial charge in [-0.25, -0.2) is 0 Å². The molecule has 0 saturated carbocycles. The average Bonchev–Trinajstić information content (AvgIpc) is 2.49. The Labute approximate surface area is 125 Å². The average molecular weight is 293 g/mol. The minimum Gasteiger partial charge on any atom is -0.494 e. The van der Waals surface area contributed by atoms with E-state index in [-0.39, 0.29) is 5.97 Å². The highest BCUT2D eigenvalue weighted by Crippen LogP contribution is 2.12. The fourth-order valence-electron chi connectivity index (χ4n) is 1.62. The third-order valence-electron chi connectivity index (χ3n) is 2.63. The molecule has 0 saturated heterocycles. The number of unbranched alkanes of at least 4 members (excludes halogenated alkanes) is 1. The van der Waals surface area contributed by atoms with Crippen LogP contribution in [0.15, 0.2) is 29.4 Å². The molecule has 1 rings (SSSR count). The summed E-state index contributed by atoms with van der Waals surface area (Å²) < 4.78 is 10.5. The molecule has 5 nitrogen and oxygen atoms in total. The van der Waals surface area contributed by atoms with Crippen molar-refractivity contribution in [1.82, 2.24) is 0 Å². The van der Waals surface area contributed by atoms with Crippen LogP contribution in [0.2, 0.25) is 0 Å². The molecule has 21 heavy (non-hydrogen) atoms. The first-order valence-corrected chi connectivity index (χ1v) is 7.30. The van der Waals surface area contributed by atoms with Crippen LogP contribution < -0.4 is 4.74 Å². The SMILES string of the molecule is CCON=Cc1ccc(OCCCCC(=O)OCC)cc1. The Kier molecular flexibility index (Phi) is 8.68. The second-order valence-corrected chi connectivity index (χ2v) is 4.33. The Morgan fingerprint density at radius 3 is 2.57 bits per heavy atom. The van der Waals surface area contributed by atoms with Crippen LogP contribution in [0.25, 0.3) is 0 Å². The van der Waals surface area contributed by atoms with Crippen molar-refractivity contribution >= 4 is 12.2 Å². The summed E-state index contributed by atoms with van der Waals surface area (Å²) in [6, 6.07) is 7.60. The van der Waals surface area contributed by atoms with Gasteiger partial charge < -0.3 is 14.3 Å². The molecule has 0 aliphatic carbocycles. The molecule has 0 aliphatic rings. The second-order valence-electron chi connectivity index (χ2n) is 4.33. The highest BCUT2D eigenvalue weighted by atomic mass is 16.6. The quantitative estimate of drug-likeness (QED) is 0.288. The van der Waals surface area contributed by atoms with Gasteiger partial charge in [-0.05, 0) is 56.5 Å². The van der Waals surface area contributed by atoms with Crippen LogP contribution in [0.3, 0.4) is 0 Å². The Hall–Kier alpha value is -2.04. The molecular weight excluding hydrogens is 270 g/mol. The molecule has 0 aromatic heterocycles. The number of benzene rings is 1. The van der Waals surface area contributed by atoms with Crippen LogP contribution in [0.5, 0.6) is 5.75 Å². The molecule has 0 radical (unpaired) electrons. The van der Waals surface area contributed by atoms with E-state index in [1.165, 1.54) is 0 Å². The van der Waals surface area contributed by atoms with Gasteiger partial charge in [-0.1, -0.05) is 5.16 Å². The number of oxime groups is 1. The monoisotopic (exact) mass is 293 g/mol. The molecule has 0 fully saturated rings. The van der Waals surface area contributed by atoms with E-state index in [9.17, 15) is 4.79 Å². The molecule has 0 spiro atoms. The summed E-state index contributed by atoms with van der Waals surface area (Å²) in [4.78, 5) is 16.0. The number of ether oxygens (including phenoxy) is 2. The number of nitrogens with zero attached hydrogens (tertiary/aromatic N) is 1. The van der Waals surface area contributed by atoms with E-state index >= 15 is 0 Å². The zero-order valence-corrected chi connectivity index (χ0v) is 12.7. The minimum absolute atomic E-state index is 0.143. The van der Waals surface area contributed by atoms with Crippen LogP contribution in [-0.2, 0) is 14.4 Å². The smallest absolute Gasteiger partial charge is 0.305 e. The number of rotatable bonds is 10. The Balaban J connectivity index is 2.19. The van der Waals surface area contributed by atoms with Gasteiger partial charge in [0.1, 0.15) is 12.4 Å². The summed E-state index contributed by atoms with van der Waals surface area (Å²) in [5.41, 5.74) is 0.957. The molecule has 0 N–H and O–H groups in total. The van der Waals surface area contributed by atoms with E-state index in [4.69, 9.17) is 14.3 Å². The first-order valence-electron chi connectivity index (χ1n) is 7.30. The van der Waals surface area contributed by atoms with Gasteiger partial charge in [-0.15, -0.1) is 0 Å². The largest absolute Gasteiger partial charge is 0.494 e. The molecule has 0 unspecified atom stereocenters. The lowest BCUT2D eigenvalue weighted by atomic mass is 10.2. The summed E-state index contributed by atoms with van der Waals surface area (Å²) in [5, 5.41) is 3.80. The molecule has 0 bridgehead atoms. The third kappa shape index (κ3) is 7.97. The van der Waals surface area contributed by atoms with Crippen molar-refractivity contribution in [3.63, 3.8) is 0 Å². The second kappa shape index (κ2) is 10.7. The van der Waals surface area contributed by atoms with E-state index in [2.05, 4.69) is 5.16 Å². The Morgan fingerprint density at radius 2 is 1.90 bits per heavy atom. The number of carbonyl (C=O) groups excluding carboxylic acids is 1. The Bertz CT molecular complexity index is 428. The van der Waals surface area contributed by atoms with E-state index < -0.39 is 0 Å². The van der Waals surface area contributed by atoms with Gasteiger partial charge in [-0.3, -0.25) is 4.79 Å². The maximum atomic E-state index is 11.1. The topological polar surface area (TPSA) is 57.1 Å². The van der Waals surface area contributed by atoms with Crippen molar-refractivity contribution in [3.8, 4) is 5.75 Å². The number of hydrogen-bond donors (Lipinski definition) is 0. The first-order chi connectivity index (χ1) is 10.3. The zero-order valence-electron chi connectivity index (χ0n) is 12.7. The van der Waals surface area contributed by atoms with Crippen molar-refractivity contribution in [3.05, 3.63) is 29.8 Å². The lowest BCUT2D eigenvalue weighted by Gasteiger charge is -2.06. The molecule has 0 aliphatic heterocycles. The highest BCUT2D eigenvalue weighted by Gasteiger charge is 2.01. The predicted octanol–water partition coefficient (Wildman–Crippen LogP) is 3.17. The zero-order chi connectivity index (χ0) is 15.3. The van der Waals surface area contributed by atoms with Gasteiger partial charge in [-0.2, -0.15) is 0 Å². The molecule has 0 heterocycles. The van der Waals surface area contributed by atoms with Gasteiger partial charge in [0.05, 0.1) is 19.4 Å². The standard InChI is InChI=1S/C16H23NO4/c1-3-19-16(18)7-5-6-12-20-15-10-8-14(9-11-15)13-17-21-4-2/h8-11,13H,3-7,12H2,1-2H3. The van der Waals surface area contributed by atoms with Crippen molar-refractivity contribution in [2.75, 3.05) is 19.8 Å². The molecule has 1 aromatic rings. The fraction of sp³-hybridized carbons (Fsp3) is 0.500. The minimum atomic E-state index is -0.143. The van der Waals surface area contributed by atoms with Crippen molar-refractivity contribution in [1.29, 1.82) is 0 Å². The molecule has 1 aromatic carbocycles. The third-order valence-corrected chi connectivity index (χ3v) is 2.63. The normalized spacial score (nSPS) is 10.6. The molecule has 5 heteroatoms. The summed E-state index contributed by atoms with van der Waals surface area (Å²) >= 11 is 0. The lowest BCUT2D eigenvalue weighted by Crippen LogP contribution is -2.05. The van der Waals surface area contributed by atoms with Crippen LogP contribution in [-0.4, -0.2) is 32.0 Å². The van der Waals surface area contributed by atoms with Gasteiger partial charge >= 0.3 is 5.97 Å². The number of hydrogen-bond acceptors (Lipinski definition) is 5. The lowest BCUT2D eigenvalue weighted by molar-refractivity contribution is -0.143. The Morgan fingerprint density at radius 1 is 1.14 bits per heavy atom. The molecule has 116 valence electrons. The van der Waals surface area contributed by atoms with Gasteiger partial charge in [0, 0.05) is 6.42 Å². The molecule has 0 atom stereocenters. The van der Waals surface area contributed by atoms with Gasteiger partial charge in [0.15, 0.2) is 0 Å². The van der Waals surface area contributed by atoms with Crippen LogP contribution >= 0.6 is 0 Å². The number of carbonyl (C=O) groups is 1. The van der Waals surface area contributed by atoms with Crippen molar-refractivity contribution in [2.24, 2.45) is 5.16 Å². The van der Waals surface area contributed by atoms with Crippen molar-refractivity contribution < 1.29 is 19.1 Å². The summed E-state index contributed by atoms with van der Waals surface area (Å²) in [6.45, 7) is 5.28. The van der Waals surface area contributed by atoms with Crippen LogP contribution in [0, 0.1) is 0 Å². The van der Waals surface area contributed by atoms with E-state index in [1.807, 2.05) is 38.1 Å². The van der Waals surface area contributed by atoms with E-state index in [0.29, 0.717) is 26.2 Å². The van der Waals surface area contributed by atoms with Gasteiger partial charge in [0.2, 0.25) is 0 Å². The summed E-state index contributed by atoms with van der Waals surface area (Å²) in [7, 11) is 0. The predicted molar refractivity (Wildman–Crippen MR) is 81.6 cm³/mol. The van der Waals surface area contributed by atoms with E-state index in [0.717, 1.165) is 24.2 Å². The fourth-order valence-corrected chi connectivity index (χ4v) is 1.62. The first kappa shape index (κ1) is 17.0.